The largest absolute Gasteiger partial charge is 0.484 e. The summed E-state index contributed by atoms with van der Waals surface area (Å²) < 4.78 is 5.49. The van der Waals surface area contributed by atoms with E-state index in [1.165, 1.54) is 0 Å². The fraction of sp³-hybridized carbons (Fsp3) is 0.0476. The van der Waals surface area contributed by atoms with Crippen LogP contribution in [0.4, 0.5) is 5.69 Å². The highest BCUT2D eigenvalue weighted by molar-refractivity contribution is 7.80. The Labute approximate surface area is 173 Å². The molecule has 0 radical (unpaired) electrons. The molecular weight excluding hydrogens is 394 g/mol. The molecule has 0 fully saturated rings. The smallest absolute Gasteiger partial charge is 0.276 e. The lowest BCUT2D eigenvalue weighted by molar-refractivity contribution is -0.123. The molecule has 0 spiro atoms. The molecule has 0 unspecified atom stereocenters. The first-order valence-electron chi connectivity index (χ1n) is 8.50. The molecule has 3 aromatic rings. The second-order valence-electron chi connectivity index (χ2n) is 5.81. The first kappa shape index (κ1) is 19.7. The quantitative estimate of drug-likeness (QED) is 0.429. The molecule has 3 N–H and O–H groups in total. The second kappa shape index (κ2) is 9.73. The minimum atomic E-state index is -0.354. The van der Waals surface area contributed by atoms with E-state index in [0.717, 1.165) is 16.8 Å². The van der Waals surface area contributed by atoms with Crippen LogP contribution in [0.1, 0.15) is 0 Å². The summed E-state index contributed by atoms with van der Waals surface area (Å²) in [6.07, 6.45) is 0. The van der Waals surface area contributed by atoms with Gasteiger partial charge in [-0.3, -0.25) is 15.6 Å². The zero-order valence-electron chi connectivity index (χ0n) is 14.8. The third kappa shape index (κ3) is 5.97. The number of hydrogen-bond acceptors (Lipinski definition) is 3. The number of amides is 1. The Bertz CT molecular complexity index is 932. The van der Waals surface area contributed by atoms with Gasteiger partial charge in [-0.25, -0.2) is 0 Å². The summed E-state index contributed by atoms with van der Waals surface area (Å²) in [7, 11) is 0. The minimum Gasteiger partial charge on any atom is -0.484 e. The van der Waals surface area contributed by atoms with Crippen molar-refractivity contribution in [3.63, 3.8) is 0 Å². The maximum absolute atomic E-state index is 11.9. The van der Waals surface area contributed by atoms with Crippen LogP contribution in [0, 0.1) is 0 Å². The van der Waals surface area contributed by atoms with Crippen molar-refractivity contribution in [3.05, 3.63) is 83.9 Å². The topological polar surface area (TPSA) is 62.4 Å². The number of halogens is 1. The monoisotopic (exact) mass is 411 g/mol. The van der Waals surface area contributed by atoms with Crippen LogP contribution in [-0.4, -0.2) is 17.6 Å². The maximum atomic E-state index is 11.9. The Balaban J connectivity index is 1.41. The van der Waals surface area contributed by atoms with Crippen LogP contribution in [0.5, 0.6) is 5.75 Å². The van der Waals surface area contributed by atoms with Gasteiger partial charge in [-0.2, -0.15) is 0 Å². The molecule has 142 valence electrons. The highest BCUT2D eigenvalue weighted by Gasteiger charge is 2.05. The molecule has 0 aliphatic heterocycles. The third-order valence-corrected chi connectivity index (χ3v) is 4.21. The SMILES string of the molecule is O=C(COc1ccc(-c2ccccc2)cc1)NNC(=S)Nc1ccc(Cl)cc1. The average Bonchev–Trinajstić information content (AvgIpc) is 2.73. The van der Waals surface area contributed by atoms with E-state index in [1.807, 2.05) is 54.6 Å². The van der Waals surface area contributed by atoms with Crippen molar-refractivity contribution in [2.24, 2.45) is 0 Å². The summed E-state index contributed by atoms with van der Waals surface area (Å²) in [4.78, 5) is 11.9. The van der Waals surface area contributed by atoms with Gasteiger partial charge < -0.3 is 10.1 Å². The molecule has 0 aromatic heterocycles. The van der Waals surface area contributed by atoms with E-state index < -0.39 is 0 Å². The number of rotatable bonds is 5. The summed E-state index contributed by atoms with van der Waals surface area (Å²) in [5.41, 5.74) is 8.06. The molecule has 0 saturated carbocycles. The molecule has 3 rings (SSSR count). The Morgan fingerprint density at radius 3 is 2.18 bits per heavy atom. The molecule has 5 nitrogen and oxygen atoms in total. The van der Waals surface area contributed by atoms with Gasteiger partial charge in [0.2, 0.25) is 0 Å². The third-order valence-electron chi connectivity index (χ3n) is 3.75. The normalized spacial score (nSPS) is 10.0. The fourth-order valence-corrected chi connectivity index (χ4v) is 2.68. The van der Waals surface area contributed by atoms with Crippen molar-refractivity contribution in [2.45, 2.75) is 0 Å². The van der Waals surface area contributed by atoms with Gasteiger partial charge in [-0.05, 0) is 59.7 Å². The molecule has 28 heavy (non-hydrogen) atoms. The molecule has 0 aliphatic rings. The Hall–Kier alpha value is -3.09. The van der Waals surface area contributed by atoms with Gasteiger partial charge in [0.1, 0.15) is 5.75 Å². The molecule has 0 bridgehead atoms. The van der Waals surface area contributed by atoms with Gasteiger partial charge in [0.05, 0.1) is 0 Å². The van der Waals surface area contributed by atoms with Crippen LogP contribution in [0.2, 0.25) is 5.02 Å². The number of thiocarbonyl (C=S) groups is 1. The van der Waals surface area contributed by atoms with Crippen LogP contribution in [0.3, 0.4) is 0 Å². The number of carbonyl (C=O) groups is 1. The number of benzene rings is 3. The number of nitrogens with one attached hydrogen (secondary N) is 3. The summed E-state index contributed by atoms with van der Waals surface area (Å²) in [5, 5.41) is 3.81. The lowest BCUT2D eigenvalue weighted by Gasteiger charge is -2.12. The van der Waals surface area contributed by atoms with Gasteiger partial charge in [0.25, 0.3) is 5.91 Å². The maximum Gasteiger partial charge on any atom is 0.276 e. The predicted molar refractivity (Wildman–Crippen MR) is 116 cm³/mol. The standard InChI is InChI=1S/C21H18ClN3O2S/c22-17-8-10-18(11-9-17)23-21(28)25-24-20(26)14-27-19-12-6-16(7-13-19)15-4-2-1-3-5-15/h1-13H,14H2,(H,24,26)(H2,23,25,28). The molecule has 0 atom stereocenters. The van der Waals surface area contributed by atoms with E-state index in [-0.39, 0.29) is 17.6 Å². The minimum absolute atomic E-state index is 0.138. The van der Waals surface area contributed by atoms with E-state index >= 15 is 0 Å². The van der Waals surface area contributed by atoms with Gasteiger partial charge >= 0.3 is 0 Å². The number of carbonyl (C=O) groups excluding carboxylic acids is 1. The zero-order valence-corrected chi connectivity index (χ0v) is 16.4. The summed E-state index contributed by atoms with van der Waals surface area (Å²) >= 11 is 10.9. The van der Waals surface area contributed by atoms with E-state index in [1.54, 1.807) is 24.3 Å². The van der Waals surface area contributed by atoms with Crippen LogP contribution in [0.15, 0.2) is 78.9 Å². The van der Waals surface area contributed by atoms with E-state index in [9.17, 15) is 4.79 Å². The van der Waals surface area contributed by atoms with Gasteiger partial charge in [0.15, 0.2) is 11.7 Å². The molecule has 0 saturated heterocycles. The number of ether oxygens (including phenoxy) is 1. The van der Waals surface area contributed by atoms with Crippen molar-refractivity contribution in [1.29, 1.82) is 0 Å². The first-order valence-corrected chi connectivity index (χ1v) is 9.28. The lowest BCUT2D eigenvalue weighted by Crippen LogP contribution is -2.45. The average molecular weight is 412 g/mol. The summed E-state index contributed by atoms with van der Waals surface area (Å²) in [6.45, 7) is -0.138. The molecule has 3 aromatic carbocycles. The first-order chi connectivity index (χ1) is 13.6. The van der Waals surface area contributed by atoms with E-state index in [4.69, 9.17) is 28.6 Å². The van der Waals surface area contributed by atoms with Crippen molar-refractivity contribution in [3.8, 4) is 16.9 Å². The van der Waals surface area contributed by atoms with Crippen molar-refractivity contribution >= 4 is 40.5 Å². The lowest BCUT2D eigenvalue weighted by atomic mass is 10.1. The van der Waals surface area contributed by atoms with Crippen LogP contribution in [0.25, 0.3) is 11.1 Å². The predicted octanol–water partition coefficient (Wildman–Crippen LogP) is 4.40. The van der Waals surface area contributed by atoms with Crippen molar-refractivity contribution < 1.29 is 9.53 Å². The van der Waals surface area contributed by atoms with Crippen LogP contribution >= 0.6 is 23.8 Å². The summed E-state index contributed by atoms with van der Waals surface area (Å²) in [5.74, 6) is 0.254. The van der Waals surface area contributed by atoms with Gasteiger partial charge in [-0.15, -0.1) is 0 Å². The fourth-order valence-electron chi connectivity index (χ4n) is 2.38. The molecule has 0 heterocycles. The van der Waals surface area contributed by atoms with Gasteiger partial charge in [-0.1, -0.05) is 54.1 Å². The number of hydrazine groups is 1. The molecule has 1 amide bonds. The van der Waals surface area contributed by atoms with Crippen LogP contribution < -0.4 is 20.9 Å². The van der Waals surface area contributed by atoms with Gasteiger partial charge in [0, 0.05) is 10.7 Å². The Morgan fingerprint density at radius 1 is 0.857 bits per heavy atom. The zero-order chi connectivity index (χ0) is 19.8. The van der Waals surface area contributed by atoms with E-state index in [0.29, 0.717) is 10.8 Å². The van der Waals surface area contributed by atoms with Crippen LogP contribution in [-0.2, 0) is 4.79 Å². The van der Waals surface area contributed by atoms with E-state index in [2.05, 4.69) is 16.2 Å². The second-order valence-corrected chi connectivity index (χ2v) is 6.66. The highest BCUT2D eigenvalue weighted by Crippen LogP contribution is 2.21. The molecule has 0 aliphatic carbocycles. The number of hydrogen-bond donors (Lipinski definition) is 3. The molecule has 7 heteroatoms. The Kier molecular flexibility index (Phi) is 6.84. The van der Waals surface area contributed by atoms with Crippen molar-refractivity contribution in [1.82, 2.24) is 10.9 Å². The molecular formula is C21H18ClN3O2S. The number of anilines is 1. The highest BCUT2D eigenvalue weighted by atomic mass is 35.5. The summed E-state index contributed by atoms with van der Waals surface area (Å²) in [6, 6.07) is 24.6. The van der Waals surface area contributed by atoms with Crippen molar-refractivity contribution in [2.75, 3.05) is 11.9 Å². The Morgan fingerprint density at radius 2 is 1.50 bits per heavy atom.